The fourth-order valence-corrected chi connectivity index (χ4v) is 2.56. The number of nitrogens with one attached hydrogen (secondary N) is 1. The maximum Gasteiger partial charge on any atom is 0.254 e. The van der Waals surface area contributed by atoms with E-state index in [0.29, 0.717) is 42.7 Å². The lowest BCUT2D eigenvalue weighted by molar-refractivity contribution is -0.121. The van der Waals surface area contributed by atoms with Gasteiger partial charge in [-0.05, 0) is 36.6 Å². The van der Waals surface area contributed by atoms with E-state index in [-0.39, 0.29) is 43.9 Å². The Hall–Kier alpha value is -2.12. The van der Waals surface area contributed by atoms with Gasteiger partial charge in [-0.25, -0.2) is 4.39 Å². The number of nitrogens with zero attached hydrogens (tertiary/aromatic N) is 1. The molecule has 0 aliphatic carbocycles. The molecule has 26 heavy (non-hydrogen) atoms. The van der Waals surface area contributed by atoms with Crippen LogP contribution in [0.5, 0.6) is 5.75 Å². The molecule has 0 bridgehead atoms. The molecule has 0 fully saturated rings. The molecule has 0 saturated heterocycles. The molecular formula is C18H25ClFN3O3. The Kier molecular flexibility index (Phi) is 9.09. The van der Waals surface area contributed by atoms with Crippen LogP contribution in [0.15, 0.2) is 30.1 Å². The molecule has 2 amide bonds. The standard InChI is InChI=1S/C18H24FN3O3.ClH/c1-2-6-21-17(23)11-22-7-5-14-8-15(3-4-16(14)18(22)24)25-12-13(9-19)10-20;/h3-4,8-9H,2,5-7,10-12,20H2,1H3,(H,21,23);1H/b13-9+;. The maximum atomic E-state index is 12.5. The molecule has 0 radical (unpaired) electrons. The summed E-state index contributed by atoms with van der Waals surface area (Å²) in [5.41, 5.74) is 7.19. The molecule has 0 unspecified atom stereocenters. The molecule has 2 rings (SSSR count). The number of amides is 2. The van der Waals surface area contributed by atoms with Gasteiger partial charge in [-0.1, -0.05) is 6.92 Å². The number of nitrogens with two attached hydrogens (primary N) is 1. The topological polar surface area (TPSA) is 84.7 Å². The Morgan fingerprint density at radius 3 is 2.88 bits per heavy atom. The lowest BCUT2D eigenvalue weighted by Crippen LogP contribution is -2.44. The highest BCUT2D eigenvalue weighted by molar-refractivity contribution is 5.98. The van der Waals surface area contributed by atoms with Crippen molar-refractivity contribution in [2.75, 3.05) is 32.8 Å². The van der Waals surface area contributed by atoms with Crippen LogP contribution in [0.2, 0.25) is 0 Å². The highest BCUT2D eigenvalue weighted by Crippen LogP contribution is 2.24. The van der Waals surface area contributed by atoms with E-state index in [2.05, 4.69) is 5.32 Å². The van der Waals surface area contributed by atoms with Crippen LogP contribution in [0.4, 0.5) is 4.39 Å². The van der Waals surface area contributed by atoms with Gasteiger partial charge in [0, 0.05) is 30.8 Å². The summed E-state index contributed by atoms with van der Waals surface area (Å²) in [5.74, 6) is 0.255. The third-order valence-electron chi connectivity index (χ3n) is 3.99. The number of hydrogen-bond acceptors (Lipinski definition) is 4. The van der Waals surface area contributed by atoms with E-state index in [1.54, 1.807) is 23.1 Å². The molecule has 0 aromatic heterocycles. The van der Waals surface area contributed by atoms with Crippen LogP contribution in [-0.4, -0.2) is 49.5 Å². The van der Waals surface area contributed by atoms with Crippen molar-refractivity contribution >= 4 is 24.2 Å². The quantitative estimate of drug-likeness (QED) is 0.715. The van der Waals surface area contributed by atoms with Crippen molar-refractivity contribution < 1.29 is 18.7 Å². The molecule has 1 aliphatic rings. The molecule has 144 valence electrons. The Morgan fingerprint density at radius 2 is 2.23 bits per heavy atom. The Balaban J connectivity index is 0.00000338. The molecule has 6 nitrogen and oxygen atoms in total. The summed E-state index contributed by atoms with van der Waals surface area (Å²) < 4.78 is 18.0. The molecule has 1 aromatic rings. The van der Waals surface area contributed by atoms with Crippen LogP contribution in [-0.2, 0) is 11.2 Å². The first-order valence-electron chi connectivity index (χ1n) is 8.39. The summed E-state index contributed by atoms with van der Waals surface area (Å²) >= 11 is 0. The fourth-order valence-electron chi connectivity index (χ4n) is 2.56. The number of halogens is 2. The zero-order valence-corrected chi connectivity index (χ0v) is 15.6. The number of benzene rings is 1. The predicted octanol–water partition coefficient (Wildman–Crippen LogP) is 1.82. The lowest BCUT2D eigenvalue weighted by Gasteiger charge is -2.28. The van der Waals surface area contributed by atoms with E-state index in [4.69, 9.17) is 10.5 Å². The number of fused-ring (bicyclic) bond motifs is 1. The second-order valence-corrected chi connectivity index (χ2v) is 5.91. The number of rotatable bonds is 8. The first-order valence-corrected chi connectivity index (χ1v) is 8.39. The lowest BCUT2D eigenvalue weighted by atomic mass is 9.98. The van der Waals surface area contributed by atoms with Crippen LogP contribution in [0.25, 0.3) is 0 Å². The maximum absolute atomic E-state index is 12.5. The van der Waals surface area contributed by atoms with Gasteiger partial charge in [0.2, 0.25) is 5.91 Å². The van der Waals surface area contributed by atoms with E-state index in [9.17, 15) is 14.0 Å². The van der Waals surface area contributed by atoms with Crippen molar-refractivity contribution in [1.82, 2.24) is 10.2 Å². The van der Waals surface area contributed by atoms with Gasteiger partial charge in [0.15, 0.2) is 0 Å². The van der Waals surface area contributed by atoms with Crippen molar-refractivity contribution in [1.29, 1.82) is 0 Å². The SMILES string of the molecule is CCCNC(=O)CN1CCc2cc(OC/C(=C/F)CN)ccc2C1=O.Cl. The van der Waals surface area contributed by atoms with Gasteiger partial charge in [0.05, 0.1) is 12.9 Å². The zero-order chi connectivity index (χ0) is 18.2. The second kappa shape index (κ2) is 10.8. The molecule has 0 saturated carbocycles. The molecule has 1 heterocycles. The van der Waals surface area contributed by atoms with Gasteiger partial charge in [0.25, 0.3) is 5.91 Å². The number of carbonyl (C=O) groups is 2. The first-order chi connectivity index (χ1) is 12.1. The van der Waals surface area contributed by atoms with Crippen LogP contribution in [0, 0.1) is 0 Å². The summed E-state index contributed by atoms with van der Waals surface area (Å²) in [5, 5.41) is 2.77. The Morgan fingerprint density at radius 1 is 1.46 bits per heavy atom. The van der Waals surface area contributed by atoms with E-state index >= 15 is 0 Å². The third-order valence-corrected chi connectivity index (χ3v) is 3.99. The summed E-state index contributed by atoms with van der Waals surface area (Å²) in [4.78, 5) is 25.9. The molecule has 1 aromatic carbocycles. The van der Waals surface area contributed by atoms with Gasteiger partial charge >= 0.3 is 0 Å². The van der Waals surface area contributed by atoms with Crippen LogP contribution >= 0.6 is 12.4 Å². The summed E-state index contributed by atoms with van der Waals surface area (Å²) in [6.45, 7) is 3.29. The average Bonchev–Trinajstić information content (AvgIpc) is 2.63. The van der Waals surface area contributed by atoms with Crippen molar-refractivity contribution in [3.63, 3.8) is 0 Å². The summed E-state index contributed by atoms with van der Waals surface area (Å²) in [6.07, 6.45) is 1.94. The monoisotopic (exact) mass is 385 g/mol. The Bertz CT molecular complexity index is 667. The molecule has 8 heteroatoms. The van der Waals surface area contributed by atoms with Gasteiger partial charge in [-0.3, -0.25) is 9.59 Å². The Labute approximate surface area is 159 Å². The smallest absolute Gasteiger partial charge is 0.254 e. The largest absolute Gasteiger partial charge is 0.489 e. The normalized spacial score (nSPS) is 13.7. The van der Waals surface area contributed by atoms with Gasteiger partial charge in [-0.15, -0.1) is 12.4 Å². The van der Waals surface area contributed by atoms with Crippen LogP contribution in [0.3, 0.4) is 0 Å². The molecule has 0 spiro atoms. The van der Waals surface area contributed by atoms with Crippen LogP contribution in [0.1, 0.15) is 29.3 Å². The van der Waals surface area contributed by atoms with Gasteiger partial charge in [0.1, 0.15) is 12.4 Å². The minimum absolute atomic E-state index is 0. The van der Waals surface area contributed by atoms with E-state index in [1.165, 1.54) is 0 Å². The molecular weight excluding hydrogens is 361 g/mol. The second-order valence-electron chi connectivity index (χ2n) is 5.91. The predicted molar refractivity (Wildman–Crippen MR) is 100 cm³/mol. The van der Waals surface area contributed by atoms with Gasteiger partial charge in [-0.2, -0.15) is 0 Å². The fraction of sp³-hybridized carbons (Fsp3) is 0.444. The zero-order valence-electron chi connectivity index (χ0n) is 14.8. The van der Waals surface area contributed by atoms with Crippen molar-refractivity contribution in [2.24, 2.45) is 5.73 Å². The first kappa shape index (κ1) is 21.9. The molecule has 1 aliphatic heterocycles. The number of ether oxygens (including phenoxy) is 1. The number of carbonyl (C=O) groups excluding carboxylic acids is 2. The van der Waals surface area contributed by atoms with E-state index in [0.717, 1.165) is 12.0 Å². The minimum atomic E-state index is -0.161. The summed E-state index contributed by atoms with van der Waals surface area (Å²) in [7, 11) is 0. The highest BCUT2D eigenvalue weighted by atomic mass is 35.5. The summed E-state index contributed by atoms with van der Waals surface area (Å²) in [6, 6.07) is 5.14. The van der Waals surface area contributed by atoms with E-state index in [1.807, 2.05) is 6.92 Å². The van der Waals surface area contributed by atoms with Crippen LogP contribution < -0.4 is 15.8 Å². The average molecular weight is 386 g/mol. The van der Waals surface area contributed by atoms with E-state index < -0.39 is 0 Å². The van der Waals surface area contributed by atoms with Crippen molar-refractivity contribution in [3.8, 4) is 5.75 Å². The highest BCUT2D eigenvalue weighted by Gasteiger charge is 2.26. The third kappa shape index (κ3) is 5.71. The minimum Gasteiger partial charge on any atom is -0.489 e. The van der Waals surface area contributed by atoms with Crippen molar-refractivity contribution in [3.05, 3.63) is 41.2 Å². The van der Waals surface area contributed by atoms with Crippen molar-refractivity contribution in [2.45, 2.75) is 19.8 Å². The molecule has 3 N–H and O–H groups in total. The number of hydrogen-bond donors (Lipinski definition) is 2. The van der Waals surface area contributed by atoms with Gasteiger partial charge < -0.3 is 20.7 Å². The molecule has 0 atom stereocenters.